The lowest BCUT2D eigenvalue weighted by molar-refractivity contribution is 0.502. The highest BCUT2D eigenvalue weighted by Crippen LogP contribution is 2.28. The van der Waals surface area contributed by atoms with Gasteiger partial charge in [0, 0.05) is 17.0 Å². The minimum absolute atomic E-state index is 0.761. The zero-order chi connectivity index (χ0) is 11.6. The third kappa shape index (κ3) is 6.15. The van der Waals surface area contributed by atoms with Crippen LogP contribution < -0.4 is 5.32 Å². The fraction of sp³-hybridized carbons (Fsp3) is 1.00. The molecule has 1 N–H and O–H groups in total. The molecule has 1 saturated carbocycles. The minimum Gasteiger partial charge on any atom is -0.313 e. The van der Waals surface area contributed by atoms with Gasteiger partial charge < -0.3 is 5.32 Å². The van der Waals surface area contributed by atoms with E-state index in [2.05, 4.69) is 30.9 Å². The van der Waals surface area contributed by atoms with Gasteiger partial charge in [-0.2, -0.15) is 11.8 Å². The average molecular weight is 243 g/mol. The van der Waals surface area contributed by atoms with Crippen molar-refractivity contribution in [1.82, 2.24) is 5.32 Å². The lowest BCUT2D eigenvalue weighted by Gasteiger charge is -2.24. The van der Waals surface area contributed by atoms with Gasteiger partial charge in [0.15, 0.2) is 0 Å². The van der Waals surface area contributed by atoms with E-state index in [1.165, 1.54) is 57.1 Å². The average Bonchev–Trinajstić information content (AvgIpc) is 2.34. The van der Waals surface area contributed by atoms with Gasteiger partial charge in [-0.25, -0.2) is 0 Å². The van der Waals surface area contributed by atoms with Crippen molar-refractivity contribution in [3.8, 4) is 0 Å². The van der Waals surface area contributed by atoms with Crippen molar-refractivity contribution < 1.29 is 0 Å². The summed E-state index contributed by atoms with van der Waals surface area (Å²) in [5.41, 5.74) is 0. The number of unbranched alkanes of at least 4 members (excludes halogenated alkanes) is 1. The van der Waals surface area contributed by atoms with Gasteiger partial charge in [-0.3, -0.25) is 0 Å². The van der Waals surface area contributed by atoms with Gasteiger partial charge in [0.2, 0.25) is 0 Å². The standard InChI is InChI=1S/C14H29NS/c1-3-5-9-13(15-4-2)12-16-14-10-7-6-8-11-14/h13-15H,3-12H2,1-2H3. The van der Waals surface area contributed by atoms with E-state index >= 15 is 0 Å². The Balaban J connectivity index is 2.14. The normalized spacial score (nSPS) is 19.9. The summed E-state index contributed by atoms with van der Waals surface area (Å²) >= 11 is 2.23. The molecule has 96 valence electrons. The van der Waals surface area contributed by atoms with Crippen LogP contribution >= 0.6 is 11.8 Å². The van der Waals surface area contributed by atoms with Gasteiger partial charge in [0.25, 0.3) is 0 Å². The Bertz CT molecular complexity index is 155. The van der Waals surface area contributed by atoms with Crippen molar-refractivity contribution in [2.75, 3.05) is 12.3 Å². The van der Waals surface area contributed by atoms with Crippen molar-refractivity contribution in [3.63, 3.8) is 0 Å². The molecule has 0 spiro atoms. The molecule has 0 aromatic heterocycles. The summed E-state index contributed by atoms with van der Waals surface area (Å²) in [6.07, 6.45) is 11.4. The lowest BCUT2D eigenvalue weighted by atomic mass is 10.0. The zero-order valence-corrected chi connectivity index (χ0v) is 12.0. The summed E-state index contributed by atoms with van der Waals surface area (Å²) in [7, 11) is 0. The monoisotopic (exact) mass is 243 g/mol. The lowest BCUT2D eigenvalue weighted by Crippen LogP contribution is -2.32. The maximum absolute atomic E-state index is 3.64. The highest BCUT2D eigenvalue weighted by molar-refractivity contribution is 7.99. The molecule has 16 heavy (non-hydrogen) atoms. The number of nitrogens with one attached hydrogen (secondary N) is 1. The fourth-order valence-corrected chi connectivity index (χ4v) is 3.92. The molecule has 0 aromatic carbocycles. The molecular weight excluding hydrogens is 214 g/mol. The second-order valence-corrected chi connectivity index (χ2v) is 6.32. The number of thioether (sulfide) groups is 1. The highest BCUT2D eigenvalue weighted by Gasteiger charge is 2.15. The van der Waals surface area contributed by atoms with Crippen LogP contribution in [0.4, 0.5) is 0 Å². The van der Waals surface area contributed by atoms with Gasteiger partial charge in [0.1, 0.15) is 0 Å². The first kappa shape index (κ1) is 14.4. The molecule has 1 nitrogen and oxygen atoms in total. The molecule has 1 fully saturated rings. The number of hydrogen-bond donors (Lipinski definition) is 1. The van der Waals surface area contributed by atoms with Gasteiger partial charge >= 0.3 is 0 Å². The summed E-state index contributed by atoms with van der Waals surface area (Å²) in [5.74, 6) is 1.33. The molecule has 1 rings (SSSR count). The Morgan fingerprint density at radius 1 is 1.19 bits per heavy atom. The van der Waals surface area contributed by atoms with Crippen LogP contribution in [0.2, 0.25) is 0 Å². The third-order valence-electron chi connectivity index (χ3n) is 3.48. The Morgan fingerprint density at radius 2 is 1.94 bits per heavy atom. The van der Waals surface area contributed by atoms with E-state index in [-0.39, 0.29) is 0 Å². The smallest absolute Gasteiger partial charge is 0.0158 e. The first-order chi connectivity index (χ1) is 7.86. The summed E-state index contributed by atoms with van der Waals surface area (Å²) in [5, 5.41) is 4.61. The van der Waals surface area contributed by atoms with E-state index in [0.29, 0.717) is 0 Å². The molecule has 0 amide bonds. The topological polar surface area (TPSA) is 12.0 Å². The second kappa shape index (κ2) is 9.35. The zero-order valence-electron chi connectivity index (χ0n) is 11.1. The Hall–Kier alpha value is 0.310. The molecule has 0 aliphatic heterocycles. The molecule has 2 heteroatoms. The van der Waals surface area contributed by atoms with Crippen molar-refractivity contribution >= 4 is 11.8 Å². The maximum Gasteiger partial charge on any atom is 0.0158 e. The quantitative estimate of drug-likeness (QED) is 0.685. The summed E-state index contributed by atoms with van der Waals surface area (Å²) in [4.78, 5) is 0. The van der Waals surface area contributed by atoms with Crippen LogP contribution in [0.1, 0.15) is 65.2 Å². The predicted molar refractivity (Wildman–Crippen MR) is 76.3 cm³/mol. The summed E-state index contributed by atoms with van der Waals surface area (Å²) in [6, 6.07) is 0.761. The first-order valence-corrected chi connectivity index (χ1v) is 8.26. The van der Waals surface area contributed by atoms with Crippen LogP contribution in [0, 0.1) is 0 Å². The van der Waals surface area contributed by atoms with E-state index in [0.717, 1.165) is 17.8 Å². The van der Waals surface area contributed by atoms with Crippen molar-refractivity contribution in [2.24, 2.45) is 0 Å². The fourth-order valence-electron chi connectivity index (χ4n) is 2.47. The predicted octanol–water partition coefficient (Wildman–Crippen LogP) is 4.22. The molecule has 0 radical (unpaired) electrons. The molecule has 1 aliphatic carbocycles. The second-order valence-electron chi connectivity index (χ2n) is 4.99. The van der Waals surface area contributed by atoms with Crippen molar-refractivity contribution in [3.05, 3.63) is 0 Å². The van der Waals surface area contributed by atoms with Crippen LogP contribution in [-0.4, -0.2) is 23.6 Å². The molecule has 0 heterocycles. The van der Waals surface area contributed by atoms with Gasteiger partial charge in [-0.1, -0.05) is 46.0 Å². The molecule has 0 bridgehead atoms. The highest BCUT2D eigenvalue weighted by atomic mass is 32.2. The molecule has 0 aromatic rings. The molecule has 1 atom stereocenters. The van der Waals surface area contributed by atoms with E-state index in [1.54, 1.807) is 0 Å². The Kier molecular flexibility index (Phi) is 8.40. The maximum atomic E-state index is 3.64. The number of hydrogen-bond acceptors (Lipinski definition) is 2. The van der Waals surface area contributed by atoms with Crippen LogP contribution in [-0.2, 0) is 0 Å². The molecule has 1 unspecified atom stereocenters. The van der Waals surface area contributed by atoms with E-state index in [4.69, 9.17) is 0 Å². The SMILES string of the molecule is CCCCC(CSC1CCCCC1)NCC. The summed E-state index contributed by atoms with van der Waals surface area (Å²) in [6.45, 7) is 5.64. The van der Waals surface area contributed by atoms with Crippen molar-refractivity contribution in [1.29, 1.82) is 0 Å². The largest absolute Gasteiger partial charge is 0.313 e. The van der Waals surface area contributed by atoms with Crippen LogP contribution in [0.25, 0.3) is 0 Å². The van der Waals surface area contributed by atoms with E-state index in [9.17, 15) is 0 Å². The first-order valence-electron chi connectivity index (χ1n) is 7.21. The van der Waals surface area contributed by atoms with Crippen LogP contribution in [0.5, 0.6) is 0 Å². The third-order valence-corrected chi connectivity index (χ3v) is 5.02. The van der Waals surface area contributed by atoms with Crippen molar-refractivity contribution in [2.45, 2.75) is 76.5 Å². The summed E-state index contributed by atoms with van der Waals surface area (Å²) < 4.78 is 0. The Morgan fingerprint density at radius 3 is 2.56 bits per heavy atom. The van der Waals surface area contributed by atoms with Gasteiger partial charge in [0.05, 0.1) is 0 Å². The Labute approximate surface area is 106 Å². The van der Waals surface area contributed by atoms with E-state index in [1.807, 2.05) is 0 Å². The van der Waals surface area contributed by atoms with Crippen LogP contribution in [0.3, 0.4) is 0 Å². The molecule has 1 aliphatic rings. The van der Waals surface area contributed by atoms with Crippen LogP contribution in [0.15, 0.2) is 0 Å². The van der Waals surface area contributed by atoms with Gasteiger partial charge in [-0.05, 0) is 25.8 Å². The van der Waals surface area contributed by atoms with E-state index < -0.39 is 0 Å². The number of rotatable bonds is 8. The van der Waals surface area contributed by atoms with Gasteiger partial charge in [-0.15, -0.1) is 0 Å². The molecule has 0 saturated heterocycles. The molecular formula is C14H29NS. The minimum atomic E-state index is 0.761.